The summed E-state index contributed by atoms with van der Waals surface area (Å²) in [5, 5.41) is 7.45. The van der Waals surface area contributed by atoms with Crippen molar-refractivity contribution in [2.75, 3.05) is 5.75 Å². The van der Waals surface area contributed by atoms with Gasteiger partial charge in [-0.3, -0.25) is 5.41 Å². The number of nitrogens with two attached hydrogens (primary N) is 1. The number of aryl methyl sites for hydroxylation is 2. The minimum atomic E-state index is 0.248. The molecule has 0 aliphatic heterocycles. The Hall–Kier alpha value is -0.480. The van der Waals surface area contributed by atoms with Crippen LogP contribution in [0.3, 0.4) is 0 Å². The summed E-state index contributed by atoms with van der Waals surface area (Å²) in [5.41, 5.74) is 6.94. The first-order valence-electron chi connectivity index (χ1n) is 5.73. The number of nitrogens with one attached hydrogen (secondary N) is 1. The minimum absolute atomic E-state index is 0.248. The molecule has 1 aliphatic rings. The van der Waals surface area contributed by atoms with Gasteiger partial charge in [-0.25, -0.2) is 0 Å². The molecule has 0 saturated heterocycles. The number of fused-ring (bicyclic) bond motifs is 1. The summed E-state index contributed by atoms with van der Waals surface area (Å²) < 4.78 is 0. The number of amidine groups is 1. The van der Waals surface area contributed by atoms with Crippen LogP contribution in [0.15, 0.2) is 6.07 Å². The molecular weight excluding hydrogens is 236 g/mol. The zero-order valence-corrected chi connectivity index (χ0v) is 11.2. The molecule has 0 bridgehead atoms. The lowest BCUT2D eigenvalue weighted by atomic mass is 9.86. The van der Waals surface area contributed by atoms with Gasteiger partial charge in [0.25, 0.3) is 0 Å². The van der Waals surface area contributed by atoms with Gasteiger partial charge in [-0.1, -0.05) is 11.8 Å². The Labute approximate surface area is 105 Å². The highest BCUT2D eigenvalue weighted by Crippen LogP contribution is 2.39. The maximum atomic E-state index is 7.20. The molecule has 0 saturated carbocycles. The van der Waals surface area contributed by atoms with Crippen LogP contribution in [-0.2, 0) is 6.42 Å². The van der Waals surface area contributed by atoms with E-state index in [0.717, 1.165) is 12.2 Å². The van der Waals surface area contributed by atoms with Crippen LogP contribution in [0.25, 0.3) is 0 Å². The molecule has 0 radical (unpaired) electrons. The van der Waals surface area contributed by atoms with Gasteiger partial charge in [-0.15, -0.1) is 11.3 Å². The molecule has 4 heteroatoms. The number of thioether (sulfide) groups is 1. The molecule has 3 N–H and O–H groups in total. The molecular formula is C12H18N2S2. The number of rotatable bonds is 3. The van der Waals surface area contributed by atoms with E-state index in [2.05, 4.69) is 13.0 Å². The van der Waals surface area contributed by atoms with Crippen molar-refractivity contribution < 1.29 is 0 Å². The van der Waals surface area contributed by atoms with Crippen LogP contribution in [0.4, 0.5) is 0 Å². The summed E-state index contributed by atoms with van der Waals surface area (Å²) in [6, 6.07) is 2.36. The largest absolute Gasteiger partial charge is 0.379 e. The highest BCUT2D eigenvalue weighted by atomic mass is 32.2. The third-order valence-electron chi connectivity index (χ3n) is 3.09. The summed E-state index contributed by atoms with van der Waals surface area (Å²) >= 11 is 3.43. The van der Waals surface area contributed by atoms with Crippen molar-refractivity contribution in [2.24, 2.45) is 5.73 Å². The number of hydrogen-bond donors (Lipinski definition) is 2. The highest BCUT2D eigenvalue weighted by molar-refractivity contribution is 8.13. The Balaban J connectivity index is 1.98. The second kappa shape index (κ2) is 5.23. The second-order valence-corrected chi connectivity index (χ2v) is 6.80. The SMILES string of the molecule is Cc1cc2c(s1)CCCC2CCSC(=N)N. The zero-order valence-electron chi connectivity index (χ0n) is 9.58. The van der Waals surface area contributed by atoms with Crippen LogP contribution < -0.4 is 5.73 Å². The summed E-state index contributed by atoms with van der Waals surface area (Å²) in [5.74, 6) is 1.69. The third-order valence-corrected chi connectivity index (χ3v) is 4.96. The Morgan fingerprint density at radius 3 is 3.25 bits per heavy atom. The van der Waals surface area contributed by atoms with E-state index in [4.69, 9.17) is 11.1 Å². The van der Waals surface area contributed by atoms with Gasteiger partial charge in [0.1, 0.15) is 0 Å². The smallest absolute Gasteiger partial charge is 0.151 e. The van der Waals surface area contributed by atoms with E-state index in [1.54, 1.807) is 10.4 Å². The maximum absolute atomic E-state index is 7.20. The molecule has 0 spiro atoms. The van der Waals surface area contributed by atoms with Crippen LogP contribution in [0.1, 0.15) is 40.5 Å². The van der Waals surface area contributed by atoms with Crippen molar-refractivity contribution in [1.82, 2.24) is 0 Å². The summed E-state index contributed by atoms with van der Waals surface area (Å²) in [6.07, 6.45) is 5.06. The fraction of sp³-hybridized carbons (Fsp3) is 0.583. The third kappa shape index (κ3) is 2.80. The van der Waals surface area contributed by atoms with Crippen molar-refractivity contribution in [3.05, 3.63) is 21.4 Å². The van der Waals surface area contributed by atoms with Gasteiger partial charge < -0.3 is 5.73 Å². The van der Waals surface area contributed by atoms with Crippen molar-refractivity contribution in [1.29, 1.82) is 5.41 Å². The topological polar surface area (TPSA) is 49.9 Å². The monoisotopic (exact) mass is 254 g/mol. The summed E-state index contributed by atoms with van der Waals surface area (Å²) in [6.45, 7) is 2.20. The van der Waals surface area contributed by atoms with E-state index >= 15 is 0 Å². The van der Waals surface area contributed by atoms with E-state index in [0.29, 0.717) is 5.92 Å². The second-order valence-electron chi connectivity index (χ2n) is 4.33. The zero-order chi connectivity index (χ0) is 11.5. The standard InChI is InChI=1S/C12H18N2S2/c1-8-7-10-9(5-6-15-12(13)14)3-2-4-11(10)16-8/h7,9H,2-6H2,1H3,(H3,13,14). The van der Waals surface area contributed by atoms with Crippen LogP contribution in [0.5, 0.6) is 0 Å². The number of hydrogen-bond acceptors (Lipinski definition) is 3. The molecule has 1 heterocycles. The van der Waals surface area contributed by atoms with Gasteiger partial charge in [0, 0.05) is 15.5 Å². The first-order chi connectivity index (χ1) is 7.66. The van der Waals surface area contributed by atoms with Crippen LogP contribution >= 0.6 is 23.1 Å². The van der Waals surface area contributed by atoms with E-state index in [-0.39, 0.29) is 5.17 Å². The van der Waals surface area contributed by atoms with Gasteiger partial charge in [-0.05, 0) is 50.2 Å². The molecule has 0 fully saturated rings. The van der Waals surface area contributed by atoms with Crippen LogP contribution in [-0.4, -0.2) is 10.9 Å². The molecule has 1 atom stereocenters. The van der Waals surface area contributed by atoms with Crippen molar-refractivity contribution in [2.45, 2.75) is 38.5 Å². The molecule has 1 aliphatic carbocycles. The Morgan fingerprint density at radius 1 is 1.69 bits per heavy atom. The van der Waals surface area contributed by atoms with E-state index in [1.165, 1.54) is 35.9 Å². The predicted molar refractivity (Wildman–Crippen MR) is 73.7 cm³/mol. The van der Waals surface area contributed by atoms with Crippen LogP contribution in [0.2, 0.25) is 0 Å². The average molecular weight is 254 g/mol. The van der Waals surface area contributed by atoms with Crippen LogP contribution in [0, 0.1) is 12.3 Å². The highest BCUT2D eigenvalue weighted by Gasteiger charge is 2.21. The van der Waals surface area contributed by atoms with Gasteiger partial charge in [0.05, 0.1) is 0 Å². The summed E-state index contributed by atoms with van der Waals surface area (Å²) in [7, 11) is 0. The molecule has 1 unspecified atom stereocenters. The molecule has 0 amide bonds. The number of thiophene rings is 1. The minimum Gasteiger partial charge on any atom is -0.379 e. The molecule has 88 valence electrons. The lowest BCUT2D eigenvalue weighted by molar-refractivity contribution is 0.549. The van der Waals surface area contributed by atoms with Crippen molar-refractivity contribution in [3.8, 4) is 0 Å². The Bertz CT molecular complexity index is 384. The van der Waals surface area contributed by atoms with E-state index in [9.17, 15) is 0 Å². The summed E-state index contributed by atoms with van der Waals surface area (Å²) in [4.78, 5) is 3.04. The molecule has 16 heavy (non-hydrogen) atoms. The molecule has 2 nitrogen and oxygen atoms in total. The Morgan fingerprint density at radius 2 is 2.50 bits per heavy atom. The first kappa shape index (κ1) is 12.0. The van der Waals surface area contributed by atoms with E-state index in [1.807, 2.05) is 11.3 Å². The lowest BCUT2D eigenvalue weighted by Gasteiger charge is -2.22. The van der Waals surface area contributed by atoms with E-state index < -0.39 is 0 Å². The lowest BCUT2D eigenvalue weighted by Crippen LogP contribution is -2.10. The molecule has 1 aromatic heterocycles. The normalized spacial score (nSPS) is 19.4. The van der Waals surface area contributed by atoms with Gasteiger partial charge >= 0.3 is 0 Å². The average Bonchev–Trinajstić information content (AvgIpc) is 2.58. The fourth-order valence-corrected chi connectivity index (χ4v) is 4.19. The molecule has 0 aromatic carbocycles. The quantitative estimate of drug-likeness (QED) is 0.641. The maximum Gasteiger partial charge on any atom is 0.151 e. The van der Waals surface area contributed by atoms with Gasteiger partial charge in [0.15, 0.2) is 5.17 Å². The van der Waals surface area contributed by atoms with Gasteiger partial charge in [0.2, 0.25) is 0 Å². The fourth-order valence-electron chi connectivity index (χ4n) is 2.40. The predicted octanol–water partition coefficient (Wildman–Crippen LogP) is 3.49. The first-order valence-corrected chi connectivity index (χ1v) is 7.53. The molecule has 2 rings (SSSR count). The Kier molecular flexibility index (Phi) is 3.92. The van der Waals surface area contributed by atoms with Crippen molar-refractivity contribution >= 4 is 28.3 Å². The van der Waals surface area contributed by atoms with Gasteiger partial charge in [-0.2, -0.15) is 0 Å². The van der Waals surface area contributed by atoms with Crippen molar-refractivity contribution in [3.63, 3.8) is 0 Å². The molecule has 1 aromatic rings.